The summed E-state index contributed by atoms with van der Waals surface area (Å²) in [5, 5.41) is 26.0. The van der Waals surface area contributed by atoms with Crippen molar-refractivity contribution in [3.05, 3.63) is 164 Å². The molecular weight excluding hydrogens is 779 g/mol. The summed E-state index contributed by atoms with van der Waals surface area (Å²) < 4.78 is 31.0. The van der Waals surface area contributed by atoms with Gasteiger partial charge in [0.25, 0.3) is 0 Å². The molecule has 15 nitrogen and oxygen atoms in total. The van der Waals surface area contributed by atoms with Gasteiger partial charge in [0.1, 0.15) is 11.6 Å². The second kappa shape index (κ2) is 17.4. The zero-order chi connectivity index (χ0) is 42.5. The van der Waals surface area contributed by atoms with Crippen LogP contribution in [0.25, 0.3) is 22.5 Å². The molecule has 4 amide bonds. The molecule has 4 aromatic carbocycles. The van der Waals surface area contributed by atoms with E-state index in [1.165, 1.54) is 60.5 Å². The molecule has 0 radical (unpaired) electrons. The molecule has 2 aliphatic rings. The average Bonchev–Trinajstić information content (AvgIpc) is 3.89. The van der Waals surface area contributed by atoms with Crippen LogP contribution in [0.15, 0.2) is 109 Å². The number of anilines is 3. The molecule has 304 valence electrons. The molecule has 8 rings (SSSR count). The lowest BCUT2D eigenvalue weighted by Crippen LogP contribution is -2.30. The standard InChI is InChI=1S/C22H17FN4O5.C21H19FN4O2/c1-32-21(28)14-2-3-15-11-26(12-16(15)10-14)22(29)25-20-19(27(30)31)9-8-18(24-20)13-4-6-17(23)7-5-13;22-17-5-3-14(4-6-17)19-8-7-18(23)20(24-19)25-21(28)26-10-15-2-1-13(12-27)9-16(15)11-26/h2-10H,11-12H2,1H3,(H,24,25,29);1-9,27H,10-12,23H2,(H,24,25,28). The maximum absolute atomic E-state index is 13.2. The lowest BCUT2D eigenvalue weighted by Gasteiger charge is -2.17. The third-order valence-electron chi connectivity index (χ3n) is 9.83. The molecular formula is C43H36F2N8O7. The monoisotopic (exact) mass is 814 g/mol. The van der Waals surface area contributed by atoms with Crippen molar-refractivity contribution >= 4 is 41.0 Å². The van der Waals surface area contributed by atoms with Gasteiger partial charge >= 0.3 is 23.7 Å². The predicted octanol–water partition coefficient (Wildman–Crippen LogP) is 7.64. The zero-order valence-corrected chi connectivity index (χ0v) is 31.9. The Labute approximate surface area is 341 Å². The Morgan fingerprint density at radius 3 is 1.77 bits per heavy atom. The molecule has 0 aliphatic carbocycles. The highest BCUT2D eigenvalue weighted by molar-refractivity contribution is 5.93. The topological polar surface area (TPSA) is 206 Å². The van der Waals surface area contributed by atoms with E-state index in [-0.39, 0.29) is 48.9 Å². The van der Waals surface area contributed by atoms with Crippen LogP contribution in [0, 0.1) is 21.7 Å². The van der Waals surface area contributed by atoms with Gasteiger partial charge in [-0.3, -0.25) is 20.7 Å². The van der Waals surface area contributed by atoms with Crippen molar-refractivity contribution in [2.45, 2.75) is 32.8 Å². The summed E-state index contributed by atoms with van der Waals surface area (Å²) in [7, 11) is 1.29. The Hall–Kier alpha value is -7.79. The lowest BCUT2D eigenvalue weighted by molar-refractivity contribution is -0.384. The number of ether oxygens (including phenoxy) is 1. The van der Waals surface area contributed by atoms with E-state index in [0.29, 0.717) is 41.3 Å². The minimum Gasteiger partial charge on any atom is -0.465 e. The van der Waals surface area contributed by atoms with Gasteiger partial charge in [-0.15, -0.1) is 0 Å². The number of carbonyl (C=O) groups excluding carboxylic acids is 3. The Morgan fingerprint density at radius 1 is 0.717 bits per heavy atom. The molecule has 2 aromatic heterocycles. The van der Waals surface area contributed by atoms with E-state index in [9.17, 15) is 38.4 Å². The second-order valence-electron chi connectivity index (χ2n) is 13.8. The number of nitrogens with zero attached hydrogens (tertiary/aromatic N) is 5. The first-order valence-corrected chi connectivity index (χ1v) is 18.4. The molecule has 2 aliphatic heterocycles. The molecule has 0 saturated carbocycles. The van der Waals surface area contributed by atoms with Gasteiger partial charge in [0.2, 0.25) is 5.82 Å². The highest BCUT2D eigenvalue weighted by Gasteiger charge is 2.28. The van der Waals surface area contributed by atoms with Gasteiger partial charge in [0, 0.05) is 43.4 Å². The van der Waals surface area contributed by atoms with Crippen LogP contribution in [0.4, 0.5) is 41.4 Å². The number of amides is 4. The highest BCUT2D eigenvalue weighted by Crippen LogP contribution is 2.31. The molecule has 60 heavy (non-hydrogen) atoms. The Morgan fingerprint density at radius 2 is 1.22 bits per heavy atom. The number of rotatable bonds is 7. The van der Waals surface area contributed by atoms with Gasteiger partial charge in [0.15, 0.2) is 5.82 Å². The van der Waals surface area contributed by atoms with E-state index in [0.717, 1.165) is 33.4 Å². The first-order chi connectivity index (χ1) is 28.9. The van der Waals surface area contributed by atoms with Crippen molar-refractivity contribution in [1.29, 1.82) is 0 Å². The van der Waals surface area contributed by atoms with Crippen LogP contribution in [-0.2, 0) is 37.5 Å². The molecule has 0 bridgehead atoms. The van der Waals surface area contributed by atoms with Gasteiger partial charge in [-0.25, -0.2) is 33.1 Å². The van der Waals surface area contributed by atoms with Crippen LogP contribution in [0.3, 0.4) is 0 Å². The Kier molecular flexibility index (Phi) is 11.7. The number of methoxy groups -OCH3 is 1. The van der Waals surface area contributed by atoms with E-state index in [2.05, 4.69) is 20.6 Å². The average molecular weight is 815 g/mol. The molecule has 0 atom stereocenters. The smallest absolute Gasteiger partial charge is 0.337 e. The number of nitro groups is 1. The molecule has 4 heterocycles. The molecule has 5 N–H and O–H groups in total. The summed E-state index contributed by atoms with van der Waals surface area (Å²) in [6.07, 6.45) is 0. The number of pyridine rings is 2. The van der Waals surface area contributed by atoms with Crippen molar-refractivity contribution in [3.63, 3.8) is 0 Å². The number of aliphatic hydroxyl groups excluding tert-OH is 1. The fourth-order valence-electron chi connectivity index (χ4n) is 6.66. The predicted molar refractivity (Wildman–Crippen MR) is 217 cm³/mol. The Bertz CT molecular complexity index is 2630. The number of aliphatic hydroxyl groups is 1. The van der Waals surface area contributed by atoms with Gasteiger partial charge in [-0.2, -0.15) is 0 Å². The molecule has 0 unspecified atom stereocenters. The number of nitrogens with one attached hydrogen (secondary N) is 2. The summed E-state index contributed by atoms with van der Waals surface area (Å²) in [4.78, 5) is 59.8. The quantitative estimate of drug-likeness (QED) is 0.0704. The van der Waals surface area contributed by atoms with E-state index in [4.69, 9.17) is 10.5 Å². The van der Waals surface area contributed by atoms with E-state index >= 15 is 0 Å². The van der Waals surface area contributed by atoms with Crippen molar-refractivity contribution in [2.75, 3.05) is 23.5 Å². The lowest BCUT2D eigenvalue weighted by atomic mass is 10.1. The van der Waals surface area contributed by atoms with Crippen LogP contribution in [-0.4, -0.2) is 54.9 Å². The summed E-state index contributed by atoms with van der Waals surface area (Å²) in [6, 6.07) is 27.3. The maximum Gasteiger partial charge on any atom is 0.337 e. The minimum absolute atomic E-state index is 0.0316. The number of hydrogen-bond donors (Lipinski definition) is 4. The molecule has 0 spiro atoms. The van der Waals surface area contributed by atoms with Crippen molar-refractivity contribution in [1.82, 2.24) is 19.8 Å². The van der Waals surface area contributed by atoms with E-state index in [1.54, 1.807) is 47.4 Å². The number of urea groups is 2. The number of carbonyl (C=O) groups is 3. The fourth-order valence-corrected chi connectivity index (χ4v) is 6.66. The van der Waals surface area contributed by atoms with Crippen LogP contribution < -0.4 is 16.4 Å². The van der Waals surface area contributed by atoms with Gasteiger partial charge in [-0.05, 0) is 107 Å². The van der Waals surface area contributed by atoms with Crippen LogP contribution in [0.1, 0.15) is 38.2 Å². The van der Waals surface area contributed by atoms with Crippen molar-refractivity contribution in [3.8, 4) is 22.5 Å². The summed E-state index contributed by atoms with van der Waals surface area (Å²) in [5.41, 5.74) is 13.1. The minimum atomic E-state index is -0.640. The number of halogens is 2. The largest absolute Gasteiger partial charge is 0.465 e. The van der Waals surface area contributed by atoms with Gasteiger partial charge in [0.05, 0.1) is 41.3 Å². The fraction of sp³-hybridized carbons (Fsp3) is 0.140. The molecule has 0 fully saturated rings. The number of aromatic nitrogens is 2. The second-order valence-corrected chi connectivity index (χ2v) is 13.8. The van der Waals surface area contributed by atoms with Crippen LogP contribution in [0.5, 0.6) is 0 Å². The number of nitrogens with two attached hydrogens (primary N) is 1. The third kappa shape index (κ3) is 9.00. The van der Waals surface area contributed by atoms with Crippen LogP contribution in [0.2, 0.25) is 0 Å². The highest BCUT2D eigenvalue weighted by atomic mass is 19.1. The third-order valence-corrected chi connectivity index (χ3v) is 9.83. The van der Waals surface area contributed by atoms with Gasteiger partial charge < -0.3 is 25.4 Å². The molecule has 0 saturated heterocycles. The first-order valence-electron chi connectivity index (χ1n) is 18.4. The normalized spacial score (nSPS) is 12.5. The molecule has 17 heteroatoms. The molecule has 6 aromatic rings. The van der Waals surface area contributed by atoms with E-state index < -0.39 is 22.7 Å². The summed E-state index contributed by atoms with van der Waals surface area (Å²) in [5.74, 6) is -1.18. The maximum atomic E-state index is 13.2. The summed E-state index contributed by atoms with van der Waals surface area (Å²) in [6.45, 7) is 1.39. The van der Waals surface area contributed by atoms with Crippen molar-refractivity contribution < 1.29 is 37.9 Å². The first kappa shape index (κ1) is 40.4. The number of benzene rings is 4. The number of fused-ring (bicyclic) bond motifs is 2. The number of esters is 1. The SMILES string of the molecule is COC(=O)c1ccc2c(c1)CN(C(=O)Nc1nc(-c3ccc(F)cc3)ccc1[N+](=O)[O-])C2.Nc1ccc(-c2ccc(F)cc2)nc1NC(=O)N1Cc2ccc(CO)cc2C1. The van der Waals surface area contributed by atoms with Crippen LogP contribution >= 0.6 is 0 Å². The number of hydrogen-bond acceptors (Lipinski definition) is 10. The van der Waals surface area contributed by atoms with Crippen molar-refractivity contribution in [2.24, 2.45) is 0 Å². The van der Waals surface area contributed by atoms with E-state index in [1.807, 2.05) is 18.2 Å². The van der Waals surface area contributed by atoms with Gasteiger partial charge in [-0.1, -0.05) is 24.3 Å². The number of nitrogen functional groups attached to an aromatic ring is 1. The Balaban J connectivity index is 0.000000183. The summed E-state index contributed by atoms with van der Waals surface area (Å²) >= 11 is 0. The zero-order valence-electron chi connectivity index (χ0n) is 31.9.